The van der Waals surface area contributed by atoms with E-state index in [-0.39, 0.29) is 0 Å². The van der Waals surface area contributed by atoms with Crippen LogP contribution in [0.3, 0.4) is 0 Å². The Morgan fingerprint density at radius 1 is 0.403 bits per heavy atom. The number of hydrogen-bond acceptors (Lipinski definition) is 3. The summed E-state index contributed by atoms with van der Waals surface area (Å²) >= 11 is 0. The minimum atomic E-state index is 0.521. The van der Waals surface area contributed by atoms with Gasteiger partial charge in [-0.2, -0.15) is 0 Å². The summed E-state index contributed by atoms with van der Waals surface area (Å²) in [5.74, 6) is 3.65. The van der Waals surface area contributed by atoms with Crippen LogP contribution in [0.2, 0.25) is 0 Å². The second kappa shape index (κ2) is 19.4. The maximum absolute atomic E-state index is 5.19. The molecule has 3 saturated carbocycles. The summed E-state index contributed by atoms with van der Waals surface area (Å²) in [6.45, 7) is 4.61. The smallest absolute Gasteiger partial charge is 0.144 e. The van der Waals surface area contributed by atoms with Crippen LogP contribution in [0.4, 0.5) is 17.1 Å². The minimum absolute atomic E-state index is 0.521. The van der Waals surface area contributed by atoms with Gasteiger partial charge in [0.2, 0.25) is 0 Å². The molecule has 6 aromatic carbocycles. The fraction of sp³-hybridized carbons (Fsp3) is 0.323. The second-order valence-corrected chi connectivity index (χ2v) is 19.9. The van der Waals surface area contributed by atoms with Crippen LogP contribution in [0, 0.1) is 13.8 Å². The molecule has 3 fully saturated rings. The summed E-state index contributed by atoms with van der Waals surface area (Å²) in [5.41, 5.74) is 17.9. The Hall–Kier alpha value is -6.46. The van der Waals surface area contributed by atoms with Crippen molar-refractivity contribution in [1.82, 2.24) is 19.1 Å². The van der Waals surface area contributed by atoms with Crippen molar-refractivity contribution in [1.29, 1.82) is 0 Å². The van der Waals surface area contributed by atoms with Crippen LogP contribution < -0.4 is 4.90 Å². The normalized spacial score (nSPS) is 16.3. The van der Waals surface area contributed by atoms with Gasteiger partial charge in [0.15, 0.2) is 0 Å². The SMILES string of the molecule is Cc1cc(C2CCCCC2)c(-n2ccnc2-c2cccc(N(c3ccccc3)c3cccc(-c4nccn4-c4c(C)cc(-c5ccccc5)cc4C4CCCCC4)c3)c2)c(C2CCCCC2)c1. The third kappa shape index (κ3) is 8.82. The second-order valence-electron chi connectivity index (χ2n) is 19.9. The van der Waals surface area contributed by atoms with E-state index in [1.165, 1.54) is 147 Å². The summed E-state index contributed by atoms with van der Waals surface area (Å²) in [7, 11) is 0. The van der Waals surface area contributed by atoms with Crippen LogP contribution in [0.25, 0.3) is 45.3 Å². The van der Waals surface area contributed by atoms with Gasteiger partial charge in [0, 0.05) is 53.0 Å². The van der Waals surface area contributed by atoms with Crippen molar-refractivity contribution >= 4 is 17.1 Å². The molecule has 0 amide bonds. The van der Waals surface area contributed by atoms with E-state index in [1.54, 1.807) is 0 Å². The standard InChI is InChI=1S/C62H65N5/c1-44-38-56(47-22-10-4-11-23-47)60(57(39-44)48-24-12-5-13-25-48)66-37-35-64-62(66)51-29-19-33-55(42-51)67(53-30-16-7-17-31-53)54-32-18-28-50(41-54)61-63-34-36-65(61)59-45(2)40-52(46-20-8-3-9-21-46)43-58(59)49-26-14-6-15-27-49/h3,7-9,16-21,28-43,47-49H,4-6,10-15,22-27H2,1-2H3. The van der Waals surface area contributed by atoms with Crippen molar-refractivity contribution in [3.05, 3.63) is 186 Å². The van der Waals surface area contributed by atoms with Gasteiger partial charge in [-0.3, -0.25) is 9.13 Å². The molecule has 0 radical (unpaired) electrons. The van der Waals surface area contributed by atoms with Crippen molar-refractivity contribution < 1.29 is 0 Å². The molecule has 8 aromatic rings. The van der Waals surface area contributed by atoms with Crippen molar-refractivity contribution in [2.24, 2.45) is 0 Å². The van der Waals surface area contributed by atoms with E-state index in [2.05, 4.69) is 174 Å². The molecular weight excluding hydrogens is 815 g/mol. The van der Waals surface area contributed by atoms with Gasteiger partial charge in [0.05, 0.1) is 11.4 Å². The monoisotopic (exact) mass is 880 g/mol. The van der Waals surface area contributed by atoms with Gasteiger partial charge in [0.25, 0.3) is 0 Å². The number of aromatic nitrogens is 4. The highest BCUT2D eigenvalue weighted by Gasteiger charge is 2.29. The van der Waals surface area contributed by atoms with Crippen LogP contribution in [-0.2, 0) is 0 Å². The first kappa shape index (κ1) is 43.1. The molecule has 2 aromatic heterocycles. The molecule has 5 nitrogen and oxygen atoms in total. The van der Waals surface area contributed by atoms with Crippen molar-refractivity contribution in [2.75, 3.05) is 4.90 Å². The quantitative estimate of drug-likeness (QED) is 0.130. The zero-order chi connectivity index (χ0) is 45.1. The van der Waals surface area contributed by atoms with E-state index in [1.807, 2.05) is 12.4 Å². The van der Waals surface area contributed by atoms with Gasteiger partial charge in [-0.25, -0.2) is 9.97 Å². The molecule has 0 aliphatic heterocycles. The molecule has 2 heterocycles. The maximum atomic E-state index is 5.19. The Morgan fingerprint density at radius 2 is 0.836 bits per heavy atom. The van der Waals surface area contributed by atoms with Crippen LogP contribution in [0.1, 0.15) is 142 Å². The molecule has 0 saturated heterocycles. The number of benzene rings is 6. The van der Waals surface area contributed by atoms with E-state index in [4.69, 9.17) is 9.97 Å². The summed E-state index contributed by atoms with van der Waals surface area (Å²) in [6, 6.07) is 49.6. The highest BCUT2D eigenvalue weighted by Crippen LogP contribution is 2.46. The molecule has 0 atom stereocenters. The number of aryl methyl sites for hydroxylation is 2. The molecule has 5 heteroatoms. The number of imidazole rings is 2. The fourth-order valence-corrected chi connectivity index (χ4v) is 12.2. The van der Waals surface area contributed by atoms with Gasteiger partial charge in [-0.1, -0.05) is 148 Å². The number of nitrogens with zero attached hydrogens (tertiary/aromatic N) is 5. The largest absolute Gasteiger partial charge is 0.310 e. The third-order valence-corrected chi connectivity index (χ3v) is 15.4. The Morgan fingerprint density at radius 3 is 1.34 bits per heavy atom. The predicted molar refractivity (Wildman–Crippen MR) is 279 cm³/mol. The summed E-state index contributed by atoms with van der Waals surface area (Å²) in [5, 5.41) is 0. The zero-order valence-corrected chi connectivity index (χ0v) is 39.6. The lowest BCUT2D eigenvalue weighted by atomic mass is 9.77. The highest BCUT2D eigenvalue weighted by molar-refractivity contribution is 5.82. The van der Waals surface area contributed by atoms with Gasteiger partial charge in [-0.05, 0) is 152 Å². The number of anilines is 3. The fourth-order valence-electron chi connectivity index (χ4n) is 12.2. The van der Waals surface area contributed by atoms with Crippen LogP contribution in [0.15, 0.2) is 158 Å². The van der Waals surface area contributed by atoms with Crippen molar-refractivity contribution in [3.63, 3.8) is 0 Å². The van der Waals surface area contributed by atoms with E-state index >= 15 is 0 Å². The molecule has 0 N–H and O–H groups in total. The topological polar surface area (TPSA) is 38.9 Å². The first-order valence-corrected chi connectivity index (χ1v) is 25.6. The van der Waals surface area contributed by atoms with Gasteiger partial charge in [-0.15, -0.1) is 0 Å². The van der Waals surface area contributed by atoms with Crippen LogP contribution >= 0.6 is 0 Å². The lowest BCUT2D eigenvalue weighted by Gasteiger charge is -2.31. The Labute approximate surface area is 398 Å². The average Bonchev–Trinajstić information content (AvgIpc) is 4.09. The molecular formula is C62H65N5. The van der Waals surface area contributed by atoms with Crippen LogP contribution in [0.5, 0.6) is 0 Å². The van der Waals surface area contributed by atoms with Gasteiger partial charge < -0.3 is 4.90 Å². The summed E-state index contributed by atoms with van der Waals surface area (Å²) < 4.78 is 4.84. The third-order valence-electron chi connectivity index (χ3n) is 15.4. The molecule has 338 valence electrons. The number of hydrogen-bond donors (Lipinski definition) is 0. The first-order valence-electron chi connectivity index (χ1n) is 25.6. The molecule has 3 aliphatic carbocycles. The average molecular weight is 880 g/mol. The van der Waals surface area contributed by atoms with Gasteiger partial charge in [0.1, 0.15) is 11.6 Å². The molecule has 11 rings (SSSR count). The van der Waals surface area contributed by atoms with Crippen molar-refractivity contribution in [2.45, 2.75) is 128 Å². The molecule has 0 bridgehead atoms. The van der Waals surface area contributed by atoms with Crippen LogP contribution in [-0.4, -0.2) is 19.1 Å². The predicted octanol–water partition coefficient (Wildman–Crippen LogP) is 17.3. The molecule has 0 unspecified atom stereocenters. The zero-order valence-electron chi connectivity index (χ0n) is 39.6. The lowest BCUT2D eigenvalue weighted by molar-refractivity contribution is 0.433. The maximum Gasteiger partial charge on any atom is 0.144 e. The van der Waals surface area contributed by atoms with E-state index < -0.39 is 0 Å². The summed E-state index contributed by atoms with van der Waals surface area (Å²) in [4.78, 5) is 12.7. The number of rotatable bonds is 11. The number of para-hydroxylation sites is 1. The summed E-state index contributed by atoms with van der Waals surface area (Å²) in [6.07, 6.45) is 27.8. The first-order chi connectivity index (χ1) is 33.1. The molecule has 0 spiro atoms. The molecule has 3 aliphatic rings. The van der Waals surface area contributed by atoms with E-state index in [0.717, 1.165) is 39.8 Å². The lowest BCUT2D eigenvalue weighted by Crippen LogP contribution is -2.15. The van der Waals surface area contributed by atoms with E-state index in [0.29, 0.717) is 17.8 Å². The Bertz CT molecular complexity index is 2900. The molecule has 67 heavy (non-hydrogen) atoms. The Kier molecular flexibility index (Phi) is 12.5. The van der Waals surface area contributed by atoms with E-state index in [9.17, 15) is 0 Å². The van der Waals surface area contributed by atoms with Crippen molar-refractivity contribution in [3.8, 4) is 45.3 Å². The van der Waals surface area contributed by atoms with Gasteiger partial charge >= 0.3 is 0 Å². The minimum Gasteiger partial charge on any atom is -0.310 e. The Balaban J connectivity index is 1.00. The highest BCUT2D eigenvalue weighted by atomic mass is 15.1.